The molecule has 0 heterocycles. The molecule has 2 N–H and O–H groups in total. The Balaban J connectivity index is 0.00000392. The van der Waals surface area contributed by atoms with Crippen molar-refractivity contribution in [3.63, 3.8) is 0 Å². The highest BCUT2D eigenvalue weighted by atomic mass is 127. The van der Waals surface area contributed by atoms with Gasteiger partial charge in [-0.1, -0.05) is 12.1 Å². The standard InChI is InChI=1S/C20H30F3N3O.HI/c1-4-24-18(25-14-19(9-10-19)11-12-27-5-2)26-15(3)16-7-6-8-17(13-16)20(21,22)23;/h6-8,13,15H,4-5,9-12,14H2,1-3H3,(H2,24,25,26);1H. The van der Waals surface area contributed by atoms with Crippen molar-refractivity contribution in [1.82, 2.24) is 10.6 Å². The summed E-state index contributed by atoms with van der Waals surface area (Å²) in [7, 11) is 0. The normalized spacial score (nSPS) is 16.9. The highest BCUT2D eigenvalue weighted by molar-refractivity contribution is 14.0. The van der Waals surface area contributed by atoms with Gasteiger partial charge in [0.15, 0.2) is 5.96 Å². The topological polar surface area (TPSA) is 45.7 Å². The summed E-state index contributed by atoms with van der Waals surface area (Å²) in [6, 6.07) is 5.12. The zero-order chi connectivity index (χ0) is 19.9. The van der Waals surface area contributed by atoms with Gasteiger partial charge in [0.05, 0.1) is 11.6 Å². The number of rotatable bonds is 9. The van der Waals surface area contributed by atoms with Gasteiger partial charge in [0.2, 0.25) is 0 Å². The van der Waals surface area contributed by atoms with Gasteiger partial charge in [0, 0.05) is 26.3 Å². The zero-order valence-electron chi connectivity index (χ0n) is 16.7. The Morgan fingerprint density at radius 1 is 1.29 bits per heavy atom. The fraction of sp³-hybridized carbons (Fsp3) is 0.650. The van der Waals surface area contributed by atoms with Crippen molar-refractivity contribution in [2.75, 3.05) is 26.3 Å². The van der Waals surface area contributed by atoms with Crippen LogP contribution in [0.25, 0.3) is 0 Å². The van der Waals surface area contributed by atoms with Crippen LogP contribution in [0, 0.1) is 5.41 Å². The van der Waals surface area contributed by atoms with E-state index in [2.05, 4.69) is 15.6 Å². The Morgan fingerprint density at radius 3 is 2.57 bits per heavy atom. The quantitative estimate of drug-likeness (QED) is 0.208. The molecule has 1 unspecified atom stereocenters. The van der Waals surface area contributed by atoms with Crippen LogP contribution < -0.4 is 10.6 Å². The van der Waals surface area contributed by atoms with Crippen LogP contribution in [0.3, 0.4) is 0 Å². The first-order valence-corrected chi connectivity index (χ1v) is 9.59. The van der Waals surface area contributed by atoms with E-state index in [1.807, 2.05) is 20.8 Å². The lowest BCUT2D eigenvalue weighted by Gasteiger charge is -2.20. The van der Waals surface area contributed by atoms with E-state index in [1.54, 1.807) is 6.07 Å². The minimum absolute atomic E-state index is 0. The van der Waals surface area contributed by atoms with Gasteiger partial charge in [-0.25, -0.2) is 0 Å². The molecular formula is C20H31F3IN3O. The van der Waals surface area contributed by atoms with E-state index in [0.29, 0.717) is 24.6 Å². The van der Waals surface area contributed by atoms with Gasteiger partial charge in [0.1, 0.15) is 0 Å². The highest BCUT2D eigenvalue weighted by Gasteiger charge is 2.42. The van der Waals surface area contributed by atoms with E-state index < -0.39 is 11.7 Å². The van der Waals surface area contributed by atoms with E-state index in [4.69, 9.17) is 4.74 Å². The number of ether oxygens (including phenoxy) is 1. The summed E-state index contributed by atoms with van der Waals surface area (Å²) >= 11 is 0. The second-order valence-electron chi connectivity index (χ2n) is 7.13. The maximum Gasteiger partial charge on any atom is 0.416 e. The average molecular weight is 513 g/mol. The lowest BCUT2D eigenvalue weighted by Crippen LogP contribution is -2.39. The Morgan fingerprint density at radius 2 is 2.00 bits per heavy atom. The summed E-state index contributed by atoms with van der Waals surface area (Å²) in [4.78, 5) is 4.68. The molecule has 4 nitrogen and oxygen atoms in total. The first-order valence-electron chi connectivity index (χ1n) is 9.59. The molecule has 1 aromatic carbocycles. The first kappa shape index (κ1) is 25.0. The number of hydrogen-bond acceptors (Lipinski definition) is 2. The van der Waals surface area contributed by atoms with Crippen molar-refractivity contribution in [2.24, 2.45) is 10.4 Å². The second-order valence-corrected chi connectivity index (χ2v) is 7.13. The second kappa shape index (κ2) is 11.2. The third-order valence-corrected chi connectivity index (χ3v) is 4.92. The minimum Gasteiger partial charge on any atom is -0.382 e. The smallest absolute Gasteiger partial charge is 0.382 e. The summed E-state index contributed by atoms with van der Waals surface area (Å²) in [5, 5.41) is 6.40. The molecule has 0 radical (unpaired) electrons. The summed E-state index contributed by atoms with van der Waals surface area (Å²) in [6.07, 6.45) is -1.06. The molecule has 1 aliphatic rings. The lowest BCUT2D eigenvalue weighted by molar-refractivity contribution is -0.137. The SMILES string of the molecule is CCNC(=NCC1(CCOCC)CC1)NC(C)c1cccc(C(F)(F)F)c1.I. The largest absolute Gasteiger partial charge is 0.416 e. The number of nitrogens with zero attached hydrogens (tertiary/aromatic N) is 1. The van der Waals surface area contributed by atoms with Crippen LogP contribution in [0.1, 0.15) is 57.2 Å². The van der Waals surface area contributed by atoms with Gasteiger partial charge in [-0.3, -0.25) is 4.99 Å². The maximum absolute atomic E-state index is 12.9. The number of hydrogen-bond donors (Lipinski definition) is 2. The number of benzene rings is 1. The average Bonchev–Trinajstić information content (AvgIpc) is 3.40. The molecule has 0 saturated heterocycles. The van der Waals surface area contributed by atoms with Crippen LogP contribution >= 0.6 is 24.0 Å². The van der Waals surface area contributed by atoms with Crippen LogP contribution in [0.5, 0.6) is 0 Å². The number of guanidine groups is 1. The fourth-order valence-electron chi connectivity index (χ4n) is 2.94. The predicted octanol–water partition coefficient (Wildman–Crippen LogP) is 5.15. The molecule has 0 aliphatic heterocycles. The predicted molar refractivity (Wildman–Crippen MR) is 117 cm³/mol. The van der Waals surface area contributed by atoms with Crippen LogP contribution in [0.4, 0.5) is 13.2 Å². The molecular weight excluding hydrogens is 482 g/mol. The molecule has 1 aromatic rings. The van der Waals surface area contributed by atoms with Crippen molar-refractivity contribution >= 4 is 29.9 Å². The molecule has 0 spiro atoms. The molecule has 1 aliphatic carbocycles. The Kier molecular flexibility index (Phi) is 10.0. The molecule has 2 rings (SSSR count). The Bertz CT molecular complexity index is 633. The molecule has 1 atom stereocenters. The van der Waals surface area contributed by atoms with E-state index in [0.717, 1.165) is 38.5 Å². The molecule has 0 bridgehead atoms. The Hall–Kier alpha value is -1.03. The van der Waals surface area contributed by atoms with Gasteiger partial charge in [-0.15, -0.1) is 24.0 Å². The number of alkyl halides is 3. The van der Waals surface area contributed by atoms with Crippen molar-refractivity contribution in [1.29, 1.82) is 0 Å². The van der Waals surface area contributed by atoms with Crippen LogP contribution in [-0.2, 0) is 10.9 Å². The fourth-order valence-corrected chi connectivity index (χ4v) is 2.94. The van der Waals surface area contributed by atoms with Crippen molar-refractivity contribution in [3.8, 4) is 0 Å². The van der Waals surface area contributed by atoms with Gasteiger partial charge < -0.3 is 15.4 Å². The van der Waals surface area contributed by atoms with Crippen molar-refractivity contribution < 1.29 is 17.9 Å². The van der Waals surface area contributed by atoms with E-state index >= 15 is 0 Å². The first-order chi connectivity index (χ1) is 12.8. The zero-order valence-corrected chi connectivity index (χ0v) is 19.1. The highest BCUT2D eigenvalue weighted by Crippen LogP contribution is 2.49. The van der Waals surface area contributed by atoms with Crippen LogP contribution in [-0.4, -0.2) is 32.3 Å². The molecule has 0 amide bonds. The van der Waals surface area contributed by atoms with E-state index in [9.17, 15) is 13.2 Å². The Labute approximate surface area is 182 Å². The molecule has 160 valence electrons. The van der Waals surface area contributed by atoms with Gasteiger partial charge in [0.25, 0.3) is 0 Å². The number of nitrogens with one attached hydrogen (secondary N) is 2. The minimum atomic E-state index is -4.34. The number of halogens is 4. The van der Waals surface area contributed by atoms with Gasteiger partial charge in [-0.2, -0.15) is 13.2 Å². The van der Waals surface area contributed by atoms with Gasteiger partial charge in [-0.05, 0) is 63.1 Å². The van der Waals surface area contributed by atoms with Gasteiger partial charge >= 0.3 is 6.18 Å². The lowest BCUT2D eigenvalue weighted by atomic mass is 10.0. The summed E-state index contributed by atoms with van der Waals surface area (Å²) < 4.78 is 44.3. The third kappa shape index (κ3) is 7.77. The van der Waals surface area contributed by atoms with E-state index in [1.165, 1.54) is 12.1 Å². The van der Waals surface area contributed by atoms with Crippen molar-refractivity contribution in [2.45, 2.75) is 52.3 Å². The molecule has 0 aromatic heterocycles. The van der Waals surface area contributed by atoms with E-state index in [-0.39, 0.29) is 35.4 Å². The summed E-state index contributed by atoms with van der Waals surface area (Å²) in [5.41, 5.74) is 0.160. The molecule has 8 heteroatoms. The number of aliphatic imine (C=N–C) groups is 1. The molecule has 1 fully saturated rings. The summed E-state index contributed by atoms with van der Waals surface area (Å²) in [6.45, 7) is 8.64. The molecule has 1 saturated carbocycles. The maximum atomic E-state index is 12.9. The molecule has 28 heavy (non-hydrogen) atoms. The third-order valence-electron chi connectivity index (χ3n) is 4.92. The monoisotopic (exact) mass is 513 g/mol. The van der Waals surface area contributed by atoms with Crippen LogP contribution in [0.15, 0.2) is 29.3 Å². The summed E-state index contributed by atoms with van der Waals surface area (Å²) in [5.74, 6) is 0.630. The van der Waals surface area contributed by atoms with Crippen molar-refractivity contribution in [3.05, 3.63) is 35.4 Å². The van der Waals surface area contributed by atoms with Crippen LogP contribution in [0.2, 0.25) is 0 Å².